The summed E-state index contributed by atoms with van der Waals surface area (Å²) in [6.07, 6.45) is 2.18. The predicted octanol–water partition coefficient (Wildman–Crippen LogP) is 1.47. The molecule has 17 heavy (non-hydrogen) atoms. The van der Waals surface area contributed by atoms with Gasteiger partial charge in [0.2, 0.25) is 10.0 Å². The topological polar surface area (TPSA) is 76.3 Å². The van der Waals surface area contributed by atoms with Crippen LogP contribution < -0.4 is 5.73 Å². The zero-order valence-electron chi connectivity index (χ0n) is 10.6. The molecule has 1 heterocycles. The Bertz CT molecular complexity index is 497. The predicted molar refractivity (Wildman–Crippen MR) is 68.0 cm³/mol. The average Bonchev–Trinajstić information content (AvgIpc) is 2.28. The van der Waals surface area contributed by atoms with Crippen molar-refractivity contribution in [3.8, 4) is 0 Å². The van der Waals surface area contributed by atoms with E-state index in [1.807, 2.05) is 20.8 Å². The highest BCUT2D eigenvalue weighted by atomic mass is 32.2. The monoisotopic (exact) mass is 257 g/mol. The molecule has 0 amide bonds. The van der Waals surface area contributed by atoms with Gasteiger partial charge in [0.15, 0.2) is 0 Å². The standard InChI is InChI=1S/C11H19N3O2S/c1-5-11(2,3)14(4)17(15,16)9-7-6-8-13-10(9)12/h6-8H,5H2,1-4H3,(H2,12,13). The first kappa shape index (κ1) is 13.9. The molecule has 6 heteroatoms. The Balaban J connectivity index is 3.26. The fourth-order valence-electron chi connectivity index (χ4n) is 1.32. The van der Waals surface area contributed by atoms with Gasteiger partial charge in [-0.25, -0.2) is 13.4 Å². The van der Waals surface area contributed by atoms with E-state index in [2.05, 4.69) is 4.98 Å². The molecule has 1 rings (SSSR count). The lowest BCUT2D eigenvalue weighted by Crippen LogP contribution is -2.44. The smallest absolute Gasteiger partial charge is 0.246 e. The molecule has 0 radical (unpaired) electrons. The van der Waals surface area contributed by atoms with E-state index in [-0.39, 0.29) is 10.7 Å². The van der Waals surface area contributed by atoms with Crippen molar-refractivity contribution in [3.05, 3.63) is 18.3 Å². The minimum absolute atomic E-state index is 0.0336. The molecule has 0 fully saturated rings. The van der Waals surface area contributed by atoms with Gasteiger partial charge in [0, 0.05) is 18.8 Å². The minimum Gasteiger partial charge on any atom is -0.383 e. The third-order valence-corrected chi connectivity index (χ3v) is 5.27. The number of anilines is 1. The first-order valence-corrected chi connectivity index (χ1v) is 6.87. The molecule has 0 aromatic carbocycles. The molecule has 5 nitrogen and oxygen atoms in total. The zero-order valence-corrected chi connectivity index (χ0v) is 11.5. The number of aromatic nitrogens is 1. The fraction of sp³-hybridized carbons (Fsp3) is 0.545. The number of nitrogens with zero attached hydrogens (tertiary/aromatic N) is 2. The van der Waals surface area contributed by atoms with Gasteiger partial charge in [-0.1, -0.05) is 6.92 Å². The Kier molecular flexibility index (Phi) is 3.78. The Morgan fingerprint density at radius 3 is 2.53 bits per heavy atom. The molecule has 0 aliphatic heterocycles. The van der Waals surface area contributed by atoms with Crippen molar-refractivity contribution in [2.75, 3.05) is 12.8 Å². The Hall–Kier alpha value is -1.14. The first-order valence-electron chi connectivity index (χ1n) is 5.43. The van der Waals surface area contributed by atoms with Crippen molar-refractivity contribution in [2.45, 2.75) is 37.6 Å². The maximum atomic E-state index is 12.4. The van der Waals surface area contributed by atoms with Crippen LogP contribution in [0.5, 0.6) is 0 Å². The van der Waals surface area contributed by atoms with Crippen LogP contribution in [-0.2, 0) is 10.0 Å². The van der Waals surface area contributed by atoms with Crippen LogP contribution in [0.15, 0.2) is 23.2 Å². The molecule has 0 unspecified atom stereocenters. The maximum Gasteiger partial charge on any atom is 0.246 e. The van der Waals surface area contributed by atoms with Crippen LogP contribution in [0.1, 0.15) is 27.2 Å². The maximum absolute atomic E-state index is 12.4. The summed E-state index contributed by atoms with van der Waals surface area (Å²) in [6, 6.07) is 3.04. The van der Waals surface area contributed by atoms with E-state index >= 15 is 0 Å². The van der Waals surface area contributed by atoms with E-state index in [4.69, 9.17) is 5.73 Å². The van der Waals surface area contributed by atoms with E-state index in [0.29, 0.717) is 6.42 Å². The summed E-state index contributed by atoms with van der Waals surface area (Å²) in [5.74, 6) is 0.0336. The Labute approximate surface area is 103 Å². The average molecular weight is 257 g/mol. The number of rotatable bonds is 4. The number of sulfonamides is 1. The number of pyridine rings is 1. The first-order chi connectivity index (χ1) is 7.73. The van der Waals surface area contributed by atoms with Crippen LogP contribution in [0, 0.1) is 0 Å². The normalized spacial score (nSPS) is 13.0. The molecular weight excluding hydrogens is 238 g/mol. The summed E-state index contributed by atoms with van der Waals surface area (Å²) in [5.41, 5.74) is 5.16. The fourth-order valence-corrected chi connectivity index (χ4v) is 2.96. The molecule has 0 bridgehead atoms. The third kappa shape index (κ3) is 2.58. The van der Waals surface area contributed by atoms with Gasteiger partial charge in [0.1, 0.15) is 10.7 Å². The van der Waals surface area contributed by atoms with Gasteiger partial charge in [0.05, 0.1) is 0 Å². The second-order valence-corrected chi connectivity index (χ2v) is 6.46. The lowest BCUT2D eigenvalue weighted by Gasteiger charge is -2.33. The van der Waals surface area contributed by atoms with Gasteiger partial charge in [-0.15, -0.1) is 0 Å². The Morgan fingerprint density at radius 2 is 2.06 bits per heavy atom. The van der Waals surface area contributed by atoms with Crippen LogP contribution in [0.3, 0.4) is 0 Å². The third-order valence-electron chi connectivity index (χ3n) is 3.16. The number of nitrogen functional groups attached to an aromatic ring is 1. The van der Waals surface area contributed by atoms with Crippen molar-refractivity contribution < 1.29 is 8.42 Å². The summed E-state index contributed by atoms with van der Waals surface area (Å²) in [6.45, 7) is 5.69. The summed E-state index contributed by atoms with van der Waals surface area (Å²) >= 11 is 0. The lowest BCUT2D eigenvalue weighted by atomic mass is 10.0. The molecule has 1 aromatic rings. The molecule has 0 spiro atoms. The van der Waals surface area contributed by atoms with Crippen LogP contribution >= 0.6 is 0 Å². The van der Waals surface area contributed by atoms with E-state index in [1.165, 1.54) is 16.6 Å². The van der Waals surface area contributed by atoms with Crippen LogP contribution in [-0.4, -0.2) is 30.3 Å². The van der Waals surface area contributed by atoms with Gasteiger partial charge in [-0.2, -0.15) is 4.31 Å². The SMILES string of the molecule is CCC(C)(C)N(C)S(=O)(=O)c1cccnc1N. The van der Waals surface area contributed by atoms with E-state index in [0.717, 1.165) is 0 Å². The van der Waals surface area contributed by atoms with Gasteiger partial charge in [-0.05, 0) is 32.4 Å². The highest BCUT2D eigenvalue weighted by Crippen LogP contribution is 2.27. The van der Waals surface area contributed by atoms with Crippen molar-refractivity contribution in [1.29, 1.82) is 0 Å². The number of hydrogen-bond donors (Lipinski definition) is 1. The van der Waals surface area contributed by atoms with Crippen molar-refractivity contribution in [3.63, 3.8) is 0 Å². The van der Waals surface area contributed by atoms with Gasteiger partial charge < -0.3 is 5.73 Å². The van der Waals surface area contributed by atoms with Crippen LogP contribution in [0.25, 0.3) is 0 Å². The summed E-state index contributed by atoms with van der Waals surface area (Å²) < 4.78 is 26.1. The minimum atomic E-state index is -3.59. The van der Waals surface area contributed by atoms with E-state index in [9.17, 15) is 8.42 Å². The Morgan fingerprint density at radius 1 is 1.47 bits per heavy atom. The van der Waals surface area contributed by atoms with Crippen molar-refractivity contribution in [2.24, 2.45) is 0 Å². The van der Waals surface area contributed by atoms with Gasteiger partial charge in [-0.3, -0.25) is 0 Å². The molecular formula is C11H19N3O2S. The van der Waals surface area contributed by atoms with E-state index < -0.39 is 15.6 Å². The quantitative estimate of drug-likeness (QED) is 0.886. The van der Waals surface area contributed by atoms with E-state index in [1.54, 1.807) is 13.1 Å². The molecule has 0 aliphatic rings. The van der Waals surface area contributed by atoms with Crippen molar-refractivity contribution in [1.82, 2.24) is 9.29 Å². The largest absolute Gasteiger partial charge is 0.383 e. The number of nitrogens with two attached hydrogens (primary N) is 1. The second kappa shape index (κ2) is 4.62. The van der Waals surface area contributed by atoms with Crippen molar-refractivity contribution >= 4 is 15.8 Å². The molecule has 0 aliphatic carbocycles. The molecule has 0 saturated carbocycles. The number of hydrogen-bond acceptors (Lipinski definition) is 4. The molecule has 2 N–H and O–H groups in total. The van der Waals surface area contributed by atoms with Gasteiger partial charge in [0.25, 0.3) is 0 Å². The second-order valence-electron chi connectivity index (χ2n) is 4.53. The molecule has 0 saturated heterocycles. The molecule has 1 aromatic heterocycles. The highest BCUT2D eigenvalue weighted by Gasteiger charge is 2.33. The molecule has 96 valence electrons. The van der Waals surface area contributed by atoms with Crippen LogP contribution in [0.4, 0.5) is 5.82 Å². The zero-order chi connectivity index (χ0) is 13.3. The molecule has 0 atom stereocenters. The lowest BCUT2D eigenvalue weighted by molar-refractivity contribution is 0.257. The summed E-state index contributed by atoms with van der Waals surface area (Å²) in [7, 11) is -2.03. The highest BCUT2D eigenvalue weighted by molar-refractivity contribution is 7.89. The van der Waals surface area contributed by atoms with Gasteiger partial charge >= 0.3 is 0 Å². The summed E-state index contributed by atoms with van der Waals surface area (Å²) in [4.78, 5) is 3.87. The van der Waals surface area contributed by atoms with Crippen LogP contribution in [0.2, 0.25) is 0 Å². The summed E-state index contributed by atoms with van der Waals surface area (Å²) in [5, 5.41) is 0.